The van der Waals surface area contributed by atoms with Crippen LogP contribution in [0.5, 0.6) is 0 Å². The van der Waals surface area contributed by atoms with Crippen LogP contribution < -0.4 is 4.72 Å². The quantitative estimate of drug-likeness (QED) is 0.716. The first-order chi connectivity index (χ1) is 8.47. The number of ether oxygens (including phenoxy) is 1. The molecule has 1 N–H and O–H groups in total. The minimum Gasteiger partial charge on any atom is -0.377 e. The van der Waals surface area contributed by atoms with Crippen molar-refractivity contribution >= 4 is 10.2 Å². The molecule has 0 aliphatic heterocycles. The van der Waals surface area contributed by atoms with Crippen molar-refractivity contribution in [3.63, 3.8) is 0 Å². The Kier molecular flexibility index (Phi) is 6.55. The highest BCUT2D eigenvalue weighted by atomic mass is 32.2. The van der Waals surface area contributed by atoms with Gasteiger partial charge in [-0.1, -0.05) is 26.7 Å². The summed E-state index contributed by atoms with van der Waals surface area (Å²) in [5, 5.41) is 0. The first kappa shape index (κ1) is 15.9. The maximum absolute atomic E-state index is 11.6. The van der Waals surface area contributed by atoms with Crippen LogP contribution >= 0.6 is 0 Å². The molecule has 6 heteroatoms. The summed E-state index contributed by atoms with van der Waals surface area (Å²) in [5.74, 6) is 0.591. The fraction of sp³-hybridized carbons (Fsp3) is 1.00. The van der Waals surface area contributed by atoms with E-state index in [4.69, 9.17) is 4.74 Å². The van der Waals surface area contributed by atoms with Gasteiger partial charge in [-0.05, 0) is 18.8 Å². The Bertz CT molecular complexity index is 332. The topological polar surface area (TPSA) is 58.6 Å². The molecule has 1 aliphatic rings. The standard InChI is InChI=1S/C12H26N2O3S/c1-4-14(3)18(15,16)13-9-10-17-12-8-6-5-7-11(12)2/h11-13H,4-10H2,1-3H3/t11-,12+/m1/s1. The zero-order valence-electron chi connectivity index (χ0n) is 11.7. The summed E-state index contributed by atoms with van der Waals surface area (Å²) in [4.78, 5) is 0. The summed E-state index contributed by atoms with van der Waals surface area (Å²) >= 11 is 0. The molecule has 0 aromatic heterocycles. The van der Waals surface area contributed by atoms with Gasteiger partial charge < -0.3 is 4.74 Å². The van der Waals surface area contributed by atoms with Crippen LogP contribution in [0.4, 0.5) is 0 Å². The minimum atomic E-state index is -3.32. The fourth-order valence-electron chi connectivity index (χ4n) is 2.19. The first-order valence-corrected chi connectivity index (χ1v) is 8.24. The van der Waals surface area contributed by atoms with Gasteiger partial charge in [-0.2, -0.15) is 17.4 Å². The van der Waals surface area contributed by atoms with Gasteiger partial charge in [0.25, 0.3) is 10.2 Å². The monoisotopic (exact) mass is 278 g/mol. The lowest BCUT2D eigenvalue weighted by atomic mass is 9.88. The van der Waals surface area contributed by atoms with Gasteiger partial charge in [0.15, 0.2) is 0 Å². The van der Waals surface area contributed by atoms with Crippen molar-refractivity contribution in [2.75, 3.05) is 26.7 Å². The molecule has 0 heterocycles. The second kappa shape index (κ2) is 7.43. The van der Waals surface area contributed by atoms with E-state index in [9.17, 15) is 8.42 Å². The van der Waals surface area contributed by atoms with Crippen LogP contribution in [0.3, 0.4) is 0 Å². The van der Waals surface area contributed by atoms with Gasteiger partial charge in [0.1, 0.15) is 0 Å². The van der Waals surface area contributed by atoms with E-state index >= 15 is 0 Å². The van der Waals surface area contributed by atoms with E-state index in [2.05, 4.69) is 11.6 Å². The predicted molar refractivity (Wildman–Crippen MR) is 72.6 cm³/mol. The number of hydrogen-bond donors (Lipinski definition) is 1. The first-order valence-electron chi connectivity index (χ1n) is 6.80. The molecule has 5 nitrogen and oxygen atoms in total. The summed E-state index contributed by atoms with van der Waals surface area (Å²) in [6, 6.07) is 0. The van der Waals surface area contributed by atoms with Crippen LogP contribution in [0.25, 0.3) is 0 Å². The smallest absolute Gasteiger partial charge is 0.279 e. The van der Waals surface area contributed by atoms with E-state index in [0.717, 1.165) is 6.42 Å². The molecular weight excluding hydrogens is 252 g/mol. The van der Waals surface area contributed by atoms with Gasteiger partial charge in [0.2, 0.25) is 0 Å². The molecule has 0 aromatic carbocycles. The second-order valence-corrected chi connectivity index (χ2v) is 6.85. The lowest BCUT2D eigenvalue weighted by molar-refractivity contribution is -0.00184. The summed E-state index contributed by atoms with van der Waals surface area (Å²) < 4.78 is 32.9. The van der Waals surface area contributed by atoms with Crippen LogP contribution in [0.15, 0.2) is 0 Å². The maximum atomic E-state index is 11.6. The van der Waals surface area contributed by atoms with Crippen molar-refractivity contribution in [2.45, 2.75) is 45.6 Å². The van der Waals surface area contributed by atoms with Crippen molar-refractivity contribution in [3.05, 3.63) is 0 Å². The highest BCUT2D eigenvalue weighted by Crippen LogP contribution is 2.25. The molecule has 1 saturated carbocycles. The maximum Gasteiger partial charge on any atom is 0.279 e. The van der Waals surface area contributed by atoms with Crippen LogP contribution in [-0.4, -0.2) is 45.6 Å². The third-order valence-corrected chi connectivity index (χ3v) is 5.25. The molecule has 108 valence electrons. The molecule has 0 radical (unpaired) electrons. The number of hydrogen-bond acceptors (Lipinski definition) is 3. The molecule has 1 rings (SSSR count). The number of rotatable bonds is 7. The van der Waals surface area contributed by atoms with Crippen LogP contribution in [0.1, 0.15) is 39.5 Å². The summed E-state index contributed by atoms with van der Waals surface area (Å²) in [6.07, 6.45) is 5.12. The minimum absolute atomic E-state index is 0.298. The molecule has 18 heavy (non-hydrogen) atoms. The molecule has 0 spiro atoms. The van der Waals surface area contributed by atoms with Gasteiger partial charge in [-0.25, -0.2) is 0 Å². The van der Waals surface area contributed by atoms with Gasteiger partial charge in [0.05, 0.1) is 12.7 Å². The Labute approximate surface area is 111 Å². The van der Waals surface area contributed by atoms with Gasteiger partial charge in [-0.3, -0.25) is 0 Å². The molecular formula is C12H26N2O3S. The highest BCUT2D eigenvalue weighted by molar-refractivity contribution is 7.87. The number of nitrogens with zero attached hydrogens (tertiary/aromatic N) is 1. The summed E-state index contributed by atoms with van der Waals surface area (Å²) in [5.41, 5.74) is 0. The predicted octanol–water partition coefficient (Wildman–Crippen LogP) is 1.37. The van der Waals surface area contributed by atoms with E-state index in [-0.39, 0.29) is 0 Å². The van der Waals surface area contributed by atoms with Crippen molar-refractivity contribution in [2.24, 2.45) is 5.92 Å². The Morgan fingerprint density at radius 1 is 1.33 bits per heavy atom. The average molecular weight is 278 g/mol. The zero-order valence-corrected chi connectivity index (χ0v) is 12.5. The van der Waals surface area contributed by atoms with E-state index < -0.39 is 10.2 Å². The Morgan fingerprint density at radius 2 is 2.00 bits per heavy atom. The lowest BCUT2D eigenvalue weighted by Gasteiger charge is -2.28. The molecule has 0 unspecified atom stereocenters. The lowest BCUT2D eigenvalue weighted by Crippen LogP contribution is -2.40. The average Bonchev–Trinajstić information content (AvgIpc) is 2.35. The SMILES string of the molecule is CCN(C)S(=O)(=O)NCCO[C@H]1CCCC[C@H]1C. The van der Waals surface area contributed by atoms with Crippen molar-refractivity contribution in [3.8, 4) is 0 Å². The summed E-state index contributed by atoms with van der Waals surface area (Å²) in [6.45, 7) is 5.27. The third-order valence-electron chi connectivity index (χ3n) is 3.61. The summed E-state index contributed by atoms with van der Waals surface area (Å²) in [7, 11) is -1.76. The van der Waals surface area contributed by atoms with Gasteiger partial charge in [-0.15, -0.1) is 0 Å². The van der Waals surface area contributed by atoms with Crippen LogP contribution in [-0.2, 0) is 14.9 Å². The van der Waals surface area contributed by atoms with Crippen molar-refractivity contribution < 1.29 is 13.2 Å². The fourth-order valence-corrected chi connectivity index (χ4v) is 3.09. The van der Waals surface area contributed by atoms with E-state index in [1.54, 1.807) is 14.0 Å². The molecule has 1 aliphatic carbocycles. The molecule has 1 fully saturated rings. The molecule has 0 bridgehead atoms. The molecule has 0 aromatic rings. The van der Waals surface area contributed by atoms with Gasteiger partial charge >= 0.3 is 0 Å². The van der Waals surface area contributed by atoms with Crippen LogP contribution in [0, 0.1) is 5.92 Å². The Hall–Kier alpha value is -0.170. The van der Waals surface area contributed by atoms with Crippen molar-refractivity contribution in [1.29, 1.82) is 0 Å². The van der Waals surface area contributed by atoms with Crippen molar-refractivity contribution in [1.82, 2.24) is 9.03 Å². The second-order valence-electron chi connectivity index (χ2n) is 4.98. The third kappa shape index (κ3) is 4.84. The zero-order chi connectivity index (χ0) is 13.6. The van der Waals surface area contributed by atoms with Gasteiger partial charge in [0, 0.05) is 20.1 Å². The largest absolute Gasteiger partial charge is 0.377 e. The normalized spacial score (nSPS) is 25.6. The van der Waals surface area contributed by atoms with E-state index in [1.807, 2.05) is 0 Å². The van der Waals surface area contributed by atoms with Crippen LogP contribution in [0.2, 0.25) is 0 Å². The van der Waals surface area contributed by atoms with E-state index in [0.29, 0.717) is 31.7 Å². The van der Waals surface area contributed by atoms with E-state index in [1.165, 1.54) is 23.6 Å². The molecule has 0 saturated heterocycles. The Morgan fingerprint density at radius 3 is 2.61 bits per heavy atom. The Balaban J connectivity index is 2.22. The molecule has 0 amide bonds. The number of nitrogens with one attached hydrogen (secondary N) is 1. The highest BCUT2D eigenvalue weighted by Gasteiger charge is 2.22. The molecule has 2 atom stereocenters.